The first kappa shape index (κ1) is 24.3. The minimum absolute atomic E-state index is 0.0701. The molecule has 11 heteroatoms. The van der Waals surface area contributed by atoms with Crippen molar-refractivity contribution in [3.05, 3.63) is 40.1 Å². The van der Waals surface area contributed by atoms with E-state index >= 15 is 0 Å². The molecule has 0 aromatic carbocycles. The van der Waals surface area contributed by atoms with Crippen LogP contribution in [0.5, 0.6) is 11.6 Å². The molecule has 0 aliphatic heterocycles. The van der Waals surface area contributed by atoms with Gasteiger partial charge >= 0.3 is 0 Å². The van der Waals surface area contributed by atoms with Crippen molar-refractivity contribution < 1.29 is 9.47 Å². The van der Waals surface area contributed by atoms with Gasteiger partial charge in [-0.3, -0.25) is 4.98 Å². The van der Waals surface area contributed by atoms with Crippen molar-refractivity contribution in [1.29, 1.82) is 5.26 Å². The number of nitrogen functional groups attached to an aromatic ring is 1. The SMILES string of the molecule is C#C.COc1cccnc1.Cc1nnc(CNc2nc(N)nc(OCC3CC3)c2C#N)s1. The van der Waals surface area contributed by atoms with Gasteiger partial charge in [-0.25, -0.2) is 0 Å². The molecule has 1 aliphatic carbocycles. The van der Waals surface area contributed by atoms with Gasteiger partial charge in [-0.15, -0.1) is 23.0 Å². The summed E-state index contributed by atoms with van der Waals surface area (Å²) in [5.74, 6) is 2.02. The average Bonchev–Trinajstić information content (AvgIpc) is 3.57. The van der Waals surface area contributed by atoms with Crippen molar-refractivity contribution in [3.63, 3.8) is 0 Å². The van der Waals surface area contributed by atoms with Gasteiger partial charge in [0.2, 0.25) is 11.8 Å². The Balaban J connectivity index is 0.000000304. The lowest BCUT2D eigenvalue weighted by molar-refractivity contribution is 0.288. The Morgan fingerprint density at radius 2 is 2.09 bits per heavy atom. The van der Waals surface area contributed by atoms with Crippen LogP contribution >= 0.6 is 11.3 Å². The number of hydrogen-bond donors (Lipinski definition) is 2. The van der Waals surface area contributed by atoms with Crippen LogP contribution in [0.15, 0.2) is 24.5 Å². The lowest BCUT2D eigenvalue weighted by Gasteiger charge is -2.11. The maximum atomic E-state index is 9.36. The van der Waals surface area contributed by atoms with Gasteiger partial charge in [-0.1, -0.05) is 11.3 Å². The van der Waals surface area contributed by atoms with E-state index in [-0.39, 0.29) is 17.4 Å². The molecule has 3 aromatic rings. The van der Waals surface area contributed by atoms with Gasteiger partial charge in [0.1, 0.15) is 21.8 Å². The summed E-state index contributed by atoms with van der Waals surface area (Å²) in [4.78, 5) is 11.9. The minimum atomic E-state index is 0.0701. The van der Waals surface area contributed by atoms with Gasteiger partial charge < -0.3 is 20.5 Å². The molecule has 4 rings (SSSR count). The van der Waals surface area contributed by atoms with E-state index in [9.17, 15) is 5.26 Å². The summed E-state index contributed by atoms with van der Waals surface area (Å²) in [6.07, 6.45) is 13.7. The van der Waals surface area contributed by atoms with Gasteiger partial charge in [0, 0.05) is 6.20 Å². The average molecular weight is 453 g/mol. The predicted octanol–water partition coefficient (Wildman–Crippen LogP) is 2.83. The lowest BCUT2D eigenvalue weighted by atomic mass is 10.3. The molecule has 0 radical (unpaired) electrons. The zero-order valence-corrected chi connectivity index (χ0v) is 18.7. The third-order valence-corrected chi connectivity index (χ3v) is 4.84. The third-order valence-electron chi connectivity index (χ3n) is 4.00. The highest BCUT2D eigenvalue weighted by Gasteiger charge is 2.24. The Bertz CT molecular complexity index is 1040. The van der Waals surface area contributed by atoms with E-state index in [1.165, 1.54) is 11.3 Å². The summed E-state index contributed by atoms with van der Waals surface area (Å²) < 4.78 is 10.5. The van der Waals surface area contributed by atoms with Gasteiger partial charge in [0.05, 0.1) is 26.5 Å². The number of aryl methyl sites for hydroxylation is 1. The molecule has 3 heterocycles. The van der Waals surface area contributed by atoms with Crippen LogP contribution in [0.1, 0.15) is 28.4 Å². The maximum absolute atomic E-state index is 9.36. The summed E-state index contributed by atoms with van der Waals surface area (Å²) in [5, 5.41) is 22.1. The number of rotatable bonds is 7. The summed E-state index contributed by atoms with van der Waals surface area (Å²) in [6, 6.07) is 5.76. The molecule has 0 amide bonds. The van der Waals surface area contributed by atoms with E-state index in [1.54, 1.807) is 19.5 Å². The number of nitrogens with two attached hydrogens (primary N) is 1. The molecule has 0 spiro atoms. The molecule has 166 valence electrons. The van der Waals surface area contributed by atoms with E-state index in [0.717, 1.165) is 28.6 Å². The van der Waals surface area contributed by atoms with Gasteiger partial charge in [-0.2, -0.15) is 15.2 Å². The first-order chi connectivity index (χ1) is 15.6. The number of nitriles is 1. The minimum Gasteiger partial charge on any atom is -0.495 e. The molecular formula is C21H24N8O2S. The fourth-order valence-electron chi connectivity index (χ4n) is 2.31. The van der Waals surface area contributed by atoms with Crippen LogP contribution in [-0.2, 0) is 6.54 Å². The number of methoxy groups -OCH3 is 1. The van der Waals surface area contributed by atoms with E-state index in [4.69, 9.17) is 15.2 Å². The molecule has 3 N–H and O–H groups in total. The lowest BCUT2D eigenvalue weighted by Crippen LogP contribution is -2.10. The second kappa shape index (κ2) is 12.7. The van der Waals surface area contributed by atoms with E-state index in [1.807, 2.05) is 19.1 Å². The number of aromatic nitrogens is 5. The van der Waals surface area contributed by atoms with Gasteiger partial charge in [-0.05, 0) is 37.8 Å². The number of pyridine rings is 1. The zero-order valence-electron chi connectivity index (χ0n) is 17.9. The molecule has 1 fully saturated rings. The second-order valence-electron chi connectivity index (χ2n) is 6.44. The number of hydrogen-bond acceptors (Lipinski definition) is 11. The summed E-state index contributed by atoms with van der Waals surface area (Å²) in [6.45, 7) is 2.85. The van der Waals surface area contributed by atoms with E-state index < -0.39 is 0 Å². The van der Waals surface area contributed by atoms with Crippen molar-refractivity contribution in [3.8, 4) is 30.5 Å². The summed E-state index contributed by atoms with van der Waals surface area (Å²) in [5.41, 5.74) is 5.96. The van der Waals surface area contributed by atoms with E-state index in [0.29, 0.717) is 24.9 Å². The van der Waals surface area contributed by atoms with Crippen LogP contribution in [0, 0.1) is 37.0 Å². The normalized spacial score (nSPS) is 11.6. The van der Waals surface area contributed by atoms with Gasteiger partial charge in [0.15, 0.2) is 11.4 Å². The van der Waals surface area contributed by atoms with Crippen molar-refractivity contribution >= 4 is 23.1 Å². The third kappa shape index (κ3) is 7.70. The van der Waals surface area contributed by atoms with Crippen LogP contribution < -0.4 is 20.5 Å². The molecule has 0 atom stereocenters. The number of nitrogens with zero attached hydrogens (tertiary/aromatic N) is 6. The molecule has 10 nitrogen and oxygen atoms in total. The molecular weight excluding hydrogens is 428 g/mol. The fraction of sp³-hybridized carbons (Fsp3) is 0.333. The predicted molar refractivity (Wildman–Crippen MR) is 122 cm³/mol. The van der Waals surface area contributed by atoms with Crippen molar-refractivity contribution in [2.45, 2.75) is 26.3 Å². The Labute approximate surface area is 190 Å². The first-order valence-electron chi connectivity index (χ1n) is 9.59. The molecule has 3 aromatic heterocycles. The van der Waals surface area contributed by atoms with Crippen molar-refractivity contribution in [2.24, 2.45) is 5.92 Å². The molecule has 1 saturated carbocycles. The molecule has 1 aliphatic rings. The highest BCUT2D eigenvalue weighted by atomic mass is 32.1. The molecule has 0 unspecified atom stereocenters. The second-order valence-corrected chi connectivity index (χ2v) is 7.70. The Morgan fingerprint density at radius 1 is 1.31 bits per heavy atom. The Hall–Kier alpha value is -3.96. The van der Waals surface area contributed by atoms with Crippen molar-refractivity contribution in [1.82, 2.24) is 25.1 Å². The van der Waals surface area contributed by atoms with Crippen molar-refractivity contribution in [2.75, 3.05) is 24.8 Å². The summed E-state index contributed by atoms with van der Waals surface area (Å²) >= 11 is 1.48. The molecule has 32 heavy (non-hydrogen) atoms. The zero-order chi connectivity index (χ0) is 23.3. The quantitative estimate of drug-likeness (QED) is 0.513. The molecule has 0 bridgehead atoms. The number of ether oxygens (including phenoxy) is 2. The van der Waals surface area contributed by atoms with Crippen LogP contribution in [0.2, 0.25) is 0 Å². The number of anilines is 2. The monoisotopic (exact) mass is 452 g/mol. The van der Waals surface area contributed by atoms with Crippen LogP contribution in [0.3, 0.4) is 0 Å². The summed E-state index contributed by atoms with van der Waals surface area (Å²) in [7, 11) is 1.62. The maximum Gasteiger partial charge on any atom is 0.238 e. The highest BCUT2D eigenvalue weighted by Crippen LogP contribution is 2.31. The topological polar surface area (TPSA) is 145 Å². The molecule has 0 saturated heterocycles. The Morgan fingerprint density at radius 3 is 2.62 bits per heavy atom. The van der Waals surface area contributed by atoms with Crippen LogP contribution in [0.4, 0.5) is 11.8 Å². The largest absolute Gasteiger partial charge is 0.495 e. The fourth-order valence-corrected chi connectivity index (χ4v) is 2.96. The highest BCUT2D eigenvalue weighted by molar-refractivity contribution is 7.11. The standard InChI is InChI=1S/C13H15N7OS.C6H7NO.C2H2/c1-7-19-20-10(22-7)5-16-11-9(4-14)12(18-13(15)17-11)21-6-8-2-3-8;1-8-6-3-2-4-7-5-6;1-2/h8H,2-3,5-6H2,1H3,(H3,15,16,17,18);2-5H,1H3;1-2H. The van der Waals surface area contributed by atoms with Gasteiger partial charge in [0.25, 0.3) is 0 Å². The number of nitrogens with one attached hydrogen (secondary N) is 1. The smallest absolute Gasteiger partial charge is 0.238 e. The first-order valence-corrected chi connectivity index (χ1v) is 10.4. The van der Waals surface area contributed by atoms with Crippen LogP contribution in [0.25, 0.3) is 0 Å². The van der Waals surface area contributed by atoms with Crippen LogP contribution in [-0.4, -0.2) is 38.9 Å². The van der Waals surface area contributed by atoms with E-state index in [2.05, 4.69) is 49.4 Å². The number of terminal acetylenes is 1. The Kier molecular flexibility index (Phi) is 9.63.